The maximum atomic E-state index is 11.3. The van der Waals surface area contributed by atoms with Crippen LogP contribution in [0.2, 0.25) is 0 Å². The third-order valence-corrected chi connectivity index (χ3v) is 3.21. The maximum absolute atomic E-state index is 11.3. The molecule has 1 aromatic carbocycles. The third-order valence-electron chi connectivity index (χ3n) is 3.21. The molecule has 0 radical (unpaired) electrons. The van der Waals surface area contributed by atoms with E-state index < -0.39 is 9.85 Å². The zero-order valence-corrected chi connectivity index (χ0v) is 11.9. The van der Waals surface area contributed by atoms with Crippen LogP contribution in [0.5, 0.6) is 0 Å². The summed E-state index contributed by atoms with van der Waals surface area (Å²) in [7, 11) is 0. The number of benzene rings is 1. The van der Waals surface area contributed by atoms with Gasteiger partial charge in [0.15, 0.2) is 0 Å². The van der Waals surface area contributed by atoms with E-state index in [0.29, 0.717) is 5.69 Å². The van der Waals surface area contributed by atoms with E-state index in [9.17, 15) is 20.2 Å². The van der Waals surface area contributed by atoms with Gasteiger partial charge in [-0.15, -0.1) is 0 Å². The maximum Gasteiger partial charge on any atom is 0.336 e. The molecule has 0 fully saturated rings. The molecule has 3 aromatic rings. The fraction of sp³-hybridized carbons (Fsp3) is 0.0769. The SMILES string of the molecule is Cc1nn(-c2ccc([N+](=O)[O-])cc2)c(-n2cccn2)c1[N+](=O)[O-]. The Morgan fingerprint density at radius 1 is 1.09 bits per heavy atom. The summed E-state index contributed by atoms with van der Waals surface area (Å²) in [4.78, 5) is 21.0. The van der Waals surface area contributed by atoms with Crippen molar-refractivity contribution in [2.45, 2.75) is 6.92 Å². The van der Waals surface area contributed by atoms with Crippen molar-refractivity contribution >= 4 is 11.4 Å². The number of rotatable bonds is 4. The first kappa shape index (κ1) is 14.4. The predicted octanol–water partition coefficient (Wildman–Crippen LogP) is 2.18. The van der Waals surface area contributed by atoms with Crippen LogP contribution in [0.15, 0.2) is 42.7 Å². The Kier molecular flexibility index (Phi) is 3.33. The molecule has 116 valence electrons. The normalized spacial score (nSPS) is 10.7. The molecule has 0 aliphatic rings. The van der Waals surface area contributed by atoms with Gasteiger partial charge in [-0.3, -0.25) is 20.2 Å². The van der Waals surface area contributed by atoms with Crippen molar-refractivity contribution in [1.29, 1.82) is 0 Å². The highest BCUT2D eigenvalue weighted by atomic mass is 16.6. The van der Waals surface area contributed by atoms with Crippen LogP contribution in [0, 0.1) is 27.2 Å². The minimum absolute atomic E-state index is 0.0761. The molecule has 0 amide bonds. The number of nitrogens with zero attached hydrogens (tertiary/aromatic N) is 6. The summed E-state index contributed by atoms with van der Waals surface area (Å²) in [6, 6.07) is 7.20. The van der Waals surface area contributed by atoms with Crippen molar-refractivity contribution in [3.05, 3.63) is 68.6 Å². The van der Waals surface area contributed by atoms with E-state index in [0.717, 1.165) is 0 Å². The van der Waals surface area contributed by atoms with E-state index >= 15 is 0 Å². The molecule has 0 aliphatic carbocycles. The van der Waals surface area contributed by atoms with Gasteiger partial charge in [-0.05, 0) is 25.1 Å². The summed E-state index contributed by atoms with van der Waals surface area (Å²) in [6.07, 6.45) is 3.05. The van der Waals surface area contributed by atoms with E-state index in [2.05, 4.69) is 10.2 Å². The summed E-state index contributed by atoms with van der Waals surface area (Å²) in [5.41, 5.74) is 0.427. The lowest BCUT2D eigenvalue weighted by Gasteiger charge is -2.06. The lowest BCUT2D eigenvalue weighted by atomic mass is 10.3. The van der Waals surface area contributed by atoms with Crippen LogP contribution in [-0.4, -0.2) is 29.4 Å². The second-order valence-corrected chi connectivity index (χ2v) is 4.65. The third kappa shape index (κ3) is 2.41. The van der Waals surface area contributed by atoms with Gasteiger partial charge in [-0.1, -0.05) is 0 Å². The summed E-state index contributed by atoms with van der Waals surface area (Å²) in [5, 5.41) is 30.3. The van der Waals surface area contributed by atoms with Gasteiger partial charge in [0.1, 0.15) is 5.69 Å². The quantitative estimate of drug-likeness (QED) is 0.537. The van der Waals surface area contributed by atoms with Gasteiger partial charge in [0.2, 0.25) is 5.82 Å². The topological polar surface area (TPSA) is 122 Å². The van der Waals surface area contributed by atoms with Crippen LogP contribution < -0.4 is 0 Å². The Morgan fingerprint density at radius 3 is 2.30 bits per heavy atom. The standard InChI is InChI=1S/C13H10N6O4/c1-9-12(19(22)23)13(16-8-2-7-14-16)17(15-9)10-3-5-11(6-4-10)18(20)21/h2-8H,1H3. The number of non-ortho nitro benzene ring substituents is 1. The molecule has 0 N–H and O–H groups in total. The molecule has 2 aromatic heterocycles. The van der Waals surface area contributed by atoms with Crippen molar-refractivity contribution in [1.82, 2.24) is 19.6 Å². The Bertz CT molecular complexity index is 882. The van der Waals surface area contributed by atoms with Crippen molar-refractivity contribution < 1.29 is 9.85 Å². The second-order valence-electron chi connectivity index (χ2n) is 4.65. The van der Waals surface area contributed by atoms with Crippen molar-refractivity contribution in [2.24, 2.45) is 0 Å². The van der Waals surface area contributed by atoms with Gasteiger partial charge in [0.05, 0.1) is 15.5 Å². The van der Waals surface area contributed by atoms with E-state index in [-0.39, 0.29) is 22.9 Å². The Balaban J connectivity index is 2.21. The lowest BCUT2D eigenvalue weighted by Crippen LogP contribution is -2.07. The van der Waals surface area contributed by atoms with Gasteiger partial charge >= 0.3 is 5.69 Å². The minimum Gasteiger partial charge on any atom is -0.258 e. The first-order valence-electron chi connectivity index (χ1n) is 6.48. The number of nitro benzene ring substituents is 1. The van der Waals surface area contributed by atoms with Gasteiger partial charge < -0.3 is 0 Å². The van der Waals surface area contributed by atoms with Crippen LogP contribution in [0.4, 0.5) is 11.4 Å². The average molecular weight is 314 g/mol. The first-order chi connectivity index (χ1) is 11.0. The molecule has 10 nitrogen and oxygen atoms in total. The highest BCUT2D eigenvalue weighted by molar-refractivity contribution is 5.55. The highest BCUT2D eigenvalue weighted by Gasteiger charge is 2.28. The number of aryl methyl sites for hydroxylation is 1. The molecule has 0 saturated carbocycles. The molecule has 10 heteroatoms. The fourth-order valence-corrected chi connectivity index (χ4v) is 2.22. The molecule has 23 heavy (non-hydrogen) atoms. The molecule has 0 atom stereocenters. The Labute approximate surface area is 128 Å². The minimum atomic E-state index is -0.527. The number of nitro groups is 2. The summed E-state index contributed by atoms with van der Waals surface area (Å²) in [5.74, 6) is 0.159. The van der Waals surface area contributed by atoms with Gasteiger partial charge in [-0.25, -0.2) is 9.36 Å². The zero-order valence-electron chi connectivity index (χ0n) is 11.9. The highest BCUT2D eigenvalue weighted by Crippen LogP contribution is 2.29. The average Bonchev–Trinajstić information content (AvgIpc) is 3.14. The second kappa shape index (κ2) is 5.33. The number of hydrogen-bond acceptors (Lipinski definition) is 6. The molecule has 0 spiro atoms. The zero-order chi connectivity index (χ0) is 16.6. The van der Waals surface area contributed by atoms with E-state index in [1.54, 1.807) is 12.3 Å². The van der Waals surface area contributed by atoms with Crippen molar-refractivity contribution in [3.8, 4) is 11.5 Å². The van der Waals surface area contributed by atoms with Crippen LogP contribution in [0.3, 0.4) is 0 Å². The molecule has 3 rings (SSSR count). The molecule has 2 heterocycles. The summed E-state index contributed by atoms with van der Waals surface area (Å²) in [6.45, 7) is 1.52. The predicted molar refractivity (Wildman–Crippen MR) is 78.7 cm³/mol. The smallest absolute Gasteiger partial charge is 0.258 e. The fourth-order valence-electron chi connectivity index (χ4n) is 2.22. The van der Waals surface area contributed by atoms with E-state index in [4.69, 9.17) is 0 Å². The van der Waals surface area contributed by atoms with Gasteiger partial charge in [-0.2, -0.15) is 10.2 Å². The van der Waals surface area contributed by atoms with Crippen LogP contribution >= 0.6 is 0 Å². The lowest BCUT2D eigenvalue weighted by molar-refractivity contribution is -0.385. The Morgan fingerprint density at radius 2 is 1.78 bits per heavy atom. The number of aromatic nitrogens is 4. The van der Waals surface area contributed by atoms with Crippen molar-refractivity contribution in [2.75, 3.05) is 0 Å². The monoisotopic (exact) mass is 314 g/mol. The number of hydrogen-bond donors (Lipinski definition) is 0. The van der Waals surface area contributed by atoms with Crippen LogP contribution in [0.1, 0.15) is 5.69 Å². The molecule has 0 saturated heterocycles. The molecular weight excluding hydrogens is 304 g/mol. The van der Waals surface area contributed by atoms with Crippen LogP contribution in [0.25, 0.3) is 11.5 Å². The molecule has 0 aliphatic heterocycles. The molecule has 0 unspecified atom stereocenters. The molecular formula is C13H10N6O4. The van der Waals surface area contributed by atoms with E-state index in [1.807, 2.05) is 0 Å². The summed E-state index contributed by atoms with van der Waals surface area (Å²) >= 11 is 0. The Hall–Kier alpha value is -3.56. The molecule has 0 bridgehead atoms. The van der Waals surface area contributed by atoms with Gasteiger partial charge in [0, 0.05) is 24.5 Å². The summed E-state index contributed by atoms with van der Waals surface area (Å²) < 4.78 is 2.67. The van der Waals surface area contributed by atoms with Crippen LogP contribution in [-0.2, 0) is 0 Å². The van der Waals surface area contributed by atoms with Gasteiger partial charge in [0.25, 0.3) is 5.69 Å². The first-order valence-corrected chi connectivity index (χ1v) is 6.48. The van der Waals surface area contributed by atoms with E-state index in [1.165, 1.54) is 46.7 Å². The largest absolute Gasteiger partial charge is 0.336 e. The van der Waals surface area contributed by atoms with Crippen molar-refractivity contribution in [3.63, 3.8) is 0 Å².